The van der Waals surface area contributed by atoms with E-state index < -0.39 is 21.4 Å². The van der Waals surface area contributed by atoms with Crippen LogP contribution in [0.25, 0.3) is 0 Å². The third kappa shape index (κ3) is 2.77. The normalized spacial score (nSPS) is 16.4. The van der Waals surface area contributed by atoms with Crippen LogP contribution in [0, 0.1) is 16.7 Å². The summed E-state index contributed by atoms with van der Waals surface area (Å²) in [6.45, 7) is -0.183. The molecular formula is C12H11ClN2O4S. The number of hydrogen-bond acceptors (Lipinski definition) is 4. The number of carboxylic acids is 1. The Morgan fingerprint density at radius 2 is 2.15 bits per heavy atom. The summed E-state index contributed by atoms with van der Waals surface area (Å²) in [6.07, 6.45) is 0.883. The van der Waals surface area contributed by atoms with Gasteiger partial charge in [-0.1, -0.05) is 11.6 Å². The Balaban J connectivity index is 2.23. The fraction of sp³-hybridized carbons (Fsp3) is 0.333. The Morgan fingerprint density at radius 3 is 2.65 bits per heavy atom. The van der Waals surface area contributed by atoms with Crippen molar-refractivity contribution < 1.29 is 18.3 Å². The largest absolute Gasteiger partial charge is 0.481 e. The number of carboxylic acid groups (broad SMARTS) is 1. The van der Waals surface area contributed by atoms with Crippen LogP contribution in [0.1, 0.15) is 18.4 Å². The van der Waals surface area contributed by atoms with Gasteiger partial charge in [-0.15, -0.1) is 0 Å². The molecule has 0 atom stereocenters. The fourth-order valence-corrected chi connectivity index (χ4v) is 3.36. The number of sulfonamides is 1. The lowest BCUT2D eigenvalue weighted by Crippen LogP contribution is -2.34. The highest BCUT2D eigenvalue weighted by Gasteiger charge is 2.50. The fourth-order valence-electron chi connectivity index (χ4n) is 1.71. The van der Waals surface area contributed by atoms with Crippen LogP contribution in [0.5, 0.6) is 0 Å². The molecule has 1 aliphatic carbocycles. The van der Waals surface area contributed by atoms with E-state index in [0.29, 0.717) is 12.8 Å². The molecule has 0 spiro atoms. The van der Waals surface area contributed by atoms with E-state index in [1.807, 2.05) is 6.07 Å². The van der Waals surface area contributed by atoms with Crippen molar-refractivity contribution in [1.82, 2.24) is 4.72 Å². The maximum Gasteiger partial charge on any atom is 0.310 e. The second kappa shape index (κ2) is 5.05. The zero-order chi connectivity index (χ0) is 15.0. The molecule has 2 N–H and O–H groups in total. The van der Waals surface area contributed by atoms with Crippen molar-refractivity contribution in [3.05, 3.63) is 28.8 Å². The van der Waals surface area contributed by atoms with E-state index in [0.717, 1.165) is 6.07 Å². The van der Waals surface area contributed by atoms with Crippen molar-refractivity contribution in [3.8, 4) is 6.07 Å². The first-order valence-electron chi connectivity index (χ1n) is 5.73. The summed E-state index contributed by atoms with van der Waals surface area (Å²) >= 11 is 5.82. The van der Waals surface area contributed by atoms with Gasteiger partial charge in [0.2, 0.25) is 10.0 Å². The molecule has 0 bridgehead atoms. The molecule has 8 heteroatoms. The molecule has 0 amide bonds. The average molecular weight is 315 g/mol. The van der Waals surface area contributed by atoms with Crippen molar-refractivity contribution in [3.63, 3.8) is 0 Å². The van der Waals surface area contributed by atoms with Gasteiger partial charge >= 0.3 is 5.97 Å². The first-order chi connectivity index (χ1) is 9.31. The molecular weight excluding hydrogens is 304 g/mol. The van der Waals surface area contributed by atoms with Crippen molar-refractivity contribution in [2.45, 2.75) is 17.7 Å². The third-order valence-electron chi connectivity index (χ3n) is 3.26. The summed E-state index contributed by atoms with van der Waals surface area (Å²) in [7, 11) is -3.95. The van der Waals surface area contributed by atoms with Crippen LogP contribution >= 0.6 is 11.6 Å². The summed E-state index contributed by atoms with van der Waals surface area (Å²) in [5.74, 6) is -1.02. The molecule has 0 aromatic heterocycles. The minimum Gasteiger partial charge on any atom is -0.481 e. The van der Waals surface area contributed by atoms with Gasteiger partial charge in [-0.3, -0.25) is 4.79 Å². The molecule has 106 valence electrons. The molecule has 6 nitrogen and oxygen atoms in total. The predicted octanol–water partition coefficient (Wildman–Crippen LogP) is 1.35. The summed E-state index contributed by atoms with van der Waals surface area (Å²) < 4.78 is 26.5. The number of rotatable bonds is 5. The first-order valence-corrected chi connectivity index (χ1v) is 7.60. The molecule has 0 aliphatic heterocycles. The maximum absolute atomic E-state index is 12.1. The molecule has 0 unspecified atom stereocenters. The van der Waals surface area contributed by atoms with E-state index in [-0.39, 0.29) is 22.0 Å². The zero-order valence-corrected chi connectivity index (χ0v) is 11.8. The molecule has 1 aliphatic rings. The zero-order valence-electron chi connectivity index (χ0n) is 10.3. The highest BCUT2D eigenvalue weighted by Crippen LogP contribution is 2.45. The van der Waals surface area contributed by atoms with Crippen LogP contribution in [0.3, 0.4) is 0 Å². The first kappa shape index (κ1) is 14.8. The third-order valence-corrected chi connectivity index (χ3v) is 5.14. The molecule has 2 rings (SSSR count). The lowest BCUT2D eigenvalue weighted by Gasteiger charge is -2.12. The van der Waals surface area contributed by atoms with Crippen molar-refractivity contribution >= 4 is 27.6 Å². The number of nitriles is 1. The van der Waals surface area contributed by atoms with Gasteiger partial charge in [-0.25, -0.2) is 13.1 Å². The number of benzene rings is 1. The molecule has 0 heterocycles. The van der Waals surface area contributed by atoms with Gasteiger partial charge in [0.15, 0.2) is 0 Å². The second-order valence-corrected chi connectivity index (χ2v) is 6.81. The Bertz CT molecular complexity index is 705. The maximum atomic E-state index is 12.1. The van der Waals surface area contributed by atoms with Gasteiger partial charge in [0, 0.05) is 6.54 Å². The van der Waals surface area contributed by atoms with Gasteiger partial charge in [0.25, 0.3) is 0 Å². The van der Waals surface area contributed by atoms with Gasteiger partial charge < -0.3 is 5.11 Å². The molecule has 0 radical (unpaired) electrons. The minimum absolute atomic E-state index is 0.0170. The molecule has 1 fully saturated rings. The van der Waals surface area contributed by atoms with Crippen LogP contribution < -0.4 is 4.72 Å². The summed E-state index contributed by atoms with van der Waals surface area (Å²) in [4.78, 5) is 10.8. The SMILES string of the molecule is N#Cc1ccc(Cl)c(S(=O)(=O)NCC2(C(=O)O)CC2)c1. The van der Waals surface area contributed by atoms with Crippen molar-refractivity contribution in [2.75, 3.05) is 6.54 Å². The van der Waals surface area contributed by atoms with E-state index >= 15 is 0 Å². The van der Waals surface area contributed by atoms with Crippen LogP contribution in [0.15, 0.2) is 23.1 Å². The van der Waals surface area contributed by atoms with E-state index in [9.17, 15) is 13.2 Å². The summed E-state index contributed by atoms with van der Waals surface area (Å²) in [5, 5.41) is 17.8. The Kier molecular flexibility index (Phi) is 3.73. The van der Waals surface area contributed by atoms with E-state index in [1.54, 1.807) is 0 Å². The number of nitrogens with one attached hydrogen (secondary N) is 1. The molecule has 1 saturated carbocycles. The lowest BCUT2D eigenvalue weighted by molar-refractivity contribution is -0.143. The van der Waals surface area contributed by atoms with Gasteiger partial charge in [0.05, 0.1) is 22.1 Å². The average Bonchev–Trinajstić information content (AvgIpc) is 3.18. The number of nitrogens with zero attached hydrogens (tertiary/aromatic N) is 1. The number of hydrogen-bond donors (Lipinski definition) is 2. The Morgan fingerprint density at radius 1 is 1.50 bits per heavy atom. The van der Waals surface area contributed by atoms with Crippen LogP contribution in [-0.2, 0) is 14.8 Å². The van der Waals surface area contributed by atoms with Crippen molar-refractivity contribution in [2.24, 2.45) is 5.41 Å². The summed E-state index contributed by atoms with van der Waals surface area (Å²) in [6, 6.07) is 5.70. The lowest BCUT2D eigenvalue weighted by atomic mass is 10.1. The standard InChI is InChI=1S/C12H11ClN2O4S/c13-9-2-1-8(6-14)5-10(9)20(18,19)15-7-12(3-4-12)11(16)17/h1-2,5,15H,3-4,7H2,(H,16,17). The quantitative estimate of drug-likeness (QED) is 0.853. The molecule has 0 saturated heterocycles. The Hall–Kier alpha value is -1.62. The monoisotopic (exact) mass is 314 g/mol. The van der Waals surface area contributed by atoms with E-state index in [4.69, 9.17) is 22.0 Å². The van der Waals surface area contributed by atoms with E-state index in [1.165, 1.54) is 12.1 Å². The topological polar surface area (TPSA) is 107 Å². The van der Waals surface area contributed by atoms with Gasteiger partial charge in [-0.05, 0) is 31.0 Å². The second-order valence-electron chi connectivity index (χ2n) is 4.67. The van der Waals surface area contributed by atoms with E-state index in [2.05, 4.69) is 4.72 Å². The minimum atomic E-state index is -3.95. The van der Waals surface area contributed by atoms with Crippen LogP contribution in [0.4, 0.5) is 0 Å². The van der Waals surface area contributed by atoms with Crippen LogP contribution in [0.2, 0.25) is 5.02 Å². The molecule has 1 aromatic carbocycles. The highest BCUT2D eigenvalue weighted by atomic mass is 35.5. The van der Waals surface area contributed by atoms with Gasteiger partial charge in [0.1, 0.15) is 4.90 Å². The number of aliphatic carboxylic acids is 1. The predicted molar refractivity (Wildman–Crippen MR) is 70.7 cm³/mol. The number of carbonyl (C=O) groups is 1. The summed E-state index contributed by atoms with van der Waals surface area (Å²) in [5.41, 5.74) is -0.846. The smallest absolute Gasteiger partial charge is 0.310 e. The number of halogens is 1. The molecule has 20 heavy (non-hydrogen) atoms. The van der Waals surface area contributed by atoms with Crippen molar-refractivity contribution in [1.29, 1.82) is 5.26 Å². The van der Waals surface area contributed by atoms with Crippen LogP contribution in [-0.4, -0.2) is 26.0 Å². The van der Waals surface area contributed by atoms with Gasteiger partial charge in [-0.2, -0.15) is 5.26 Å². The Labute approximate surface area is 121 Å². The highest BCUT2D eigenvalue weighted by molar-refractivity contribution is 7.89. The molecule has 1 aromatic rings.